The number of hydrogen-bond donors (Lipinski definition) is 0. The molecule has 0 aliphatic heterocycles. The first-order chi connectivity index (χ1) is 12.9. The molecule has 27 heavy (non-hydrogen) atoms. The van der Waals surface area contributed by atoms with E-state index in [0.29, 0.717) is 5.56 Å². The molecule has 2 aromatic carbocycles. The summed E-state index contributed by atoms with van der Waals surface area (Å²) in [6, 6.07) is 14.2. The molecule has 0 saturated carbocycles. The second-order valence-electron chi connectivity index (χ2n) is 6.29. The average molecular weight is 361 g/mol. The maximum atomic E-state index is 12.5. The molecule has 0 N–H and O–H groups in total. The molecule has 0 bridgehead atoms. The highest BCUT2D eigenvalue weighted by molar-refractivity contribution is 6.07. The summed E-state index contributed by atoms with van der Waals surface area (Å²) in [4.78, 5) is 23.1. The second kappa shape index (κ2) is 7.37. The fourth-order valence-electron chi connectivity index (χ4n) is 2.93. The van der Waals surface area contributed by atoms with Crippen molar-refractivity contribution in [1.29, 1.82) is 0 Å². The number of carbonyl (C=O) groups excluding carboxylic acids is 1. The van der Waals surface area contributed by atoms with E-state index in [-0.39, 0.29) is 17.0 Å². The lowest BCUT2D eigenvalue weighted by Crippen LogP contribution is -1.99. The van der Waals surface area contributed by atoms with Gasteiger partial charge in [0.2, 0.25) is 0 Å². The van der Waals surface area contributed by atoms with Gasteiger partial charge in [-0.15, -0.1) is 0 Å². The Kier molecular flexibility index (Phi) is 4.98. The number of nitro benzene ring substituents is 1. The van der Waals surface area contributed by atoms with Crippen LogP contribution in [-0.4, -0.2) is 20.5 Å². The highest BCUT2D eigenvalue weighted by Crippen LogP contribution is 2.22. The molecule has 6 heteroatoms. The van der Waals surface area contributed by atoms with Gasteiger partial charge in [0.25, 0.3) is 5.69 Å². The van der Waals surface area contributed by atoms with Crippen molar-refractivity contribution in [1.82, 2.24) is 9.78 Å². The predicted octanol–water partition coefficient (Wildman–Crippen LogP) is 4.60. The summed E-state index contributed by atoms with van der Waals surface area (Å²) in [5.74, 6) is -0.288. The maximum absolute atomic E-state index is 12.5. The number of hydrogen-bond acceptors (Lipinski definition) is 4. The van der Waals surface area contributed by atoms with E-state index in [1.807, 2.05) is 48.9 Å². The molecule has 3 rings (SSSR count). The monoisotopic (exact) mass is 361 g/mol. The Morgan fingerprint density at radius 1 is 1.11 bits per heavy atom. The molecular weight excluding hydrogens is 342 g/mol. The van der Waals surface area contributed by atoms with Gasteiger partial charge in [-0.1, -0.05) is 30.3 Å². The Balaban J connectivity index is 1.91. The second-order valence-corrected chi connectivity index (χ2v) is 6.29. The molecule has 1 aromatic heterocycles. The van der Waals surface area contributed by atoms with Crippen LogP contribution in [0.25, 0.3) is 11.8 Å². The first-order valence-electron chi connectivity index (χ1n) is 8.47. The molecule has 0 aliphatic rings. The molecule has 0 aliphatic carbocycles. The first-order valence-corrected chi connectivity index (χ1v) is 8.47. The Hall–Kier alpha value is -3.54. The molecule has 0 spiro atoms. The smallest absolute Gasteiger partial charge is 0.273 e. The quantitative estimate of drug-likeness (QED) is 0.288. The normalized spacial score (nSPS) is 11.1. The van der Waals surface area contributed by atoms with Crippen molar-refractivity contribution in [3.8, 4) is 5.69 Å². The minimum absolute atomic E-state index is 0.0569. The molecule has 0 amide bonds. The lowest BCUT2D eigenvalue weighted by molar-refractivity contribution is -0.385. The molecule has 3 aromatic rings. The lowest BCUT2D eigenvalue weighted by atomic mass is 10.1. The highest BCUT2D eigenvalue weighted by Gasteiger charge is 2.15. The lowest BCUT2D eigenvalue weighted by Gasteiger charge is -2.03. The van der Waals surface area contributed by atoms with Gasteiger partial charge in [-0.25, -0.2) is 4.68 Å². The fourth-order valence-corrected chi connectivity index (χ4v) is 2.93. The summed E-state index contributed by atoms with van der Waals surface area (Å²) in [6.45, 7) is 5.47. The minimum atomic E-state index is -0.478. The summed E-state index contributed by atoms with van der Waals surface area (Å²) in [5, 5.41) is 15.6. The Bertz CT molecular complexity index is 1050. The van der Waals surface area contributed by atoms with E-state index in [4.69, 9.17) is 0 Å². The number of nitro groups is 1. The number of para-hydroxylation sites is 1. The largest absolute Gasteiger partial charge is 0.289 e. The van der Waals surface area contributed by atoms with Crippen LogP contribution in [-0.2, 0) is 0 Å². The molecule has 0 radical (unpaired) electrons. The number of nitrogens with zero attached hydrogens (tertiary/aromatic N) is 3. The zero-order valence-electron chi connectivity index (χ0n) is 15.3. The van der Waals surface area contributed by atoms with E-state index in [9.17, 15) is 14.9 Å². The van der Waals surface area contributed by atoms with E-state index < -0.39 is 4.92 Å². The van der Waals surface area contributed by atoms with Gasteiger partial charge in [0.15, 0.2) is 5.78 Å². The third-order valence-electron chi connectivity index (χ3n) is 4.44. The Morgan fingerprint density at radius 2 is 1.81 bits per heavy atom. The molecule has 0 atom stereocenters. The SMILES string of the molecule is Cc1ccc(C(=O)/C=C/c2c(C)nn(-c3ccccc3)c2C)cc1[N+](=O)[O-]. The first kappa shape index (κ1) is 18.3. The van der Waals surface area contributed by atoms with Crippen molar-refractivity contribution in [2.24, 2.45) is 0 Å². The van der Waals surface area contributed by atoms with Gasteiger partial charge in [0.05, 0.1) is 16.3 Å². The van der Waals surface area contributed by atoms with E-state index in [1.54, 1.807) is 25.1 Å². The standard InChI is InChI=1S/C21H19N3O3/c1-14-9-10-17(13-20(14)24(26)27)21(25)12-11-19-15(2)22-23(16(19)3)18-7-5-4-6-8-18/h4-13H,1-3H3/b12-11+. The summed E-state index contributed by atoms with van der Waals surface area (Å²) in [5.41, 5.74) is 4.27. The predicted molar refractivity (Wildman–Crippen MR) is 104 cm³/mol. The third kappa shape index (κ3) is 3.69. The van der Waals surface area contributed by atoms with Crippen molar-refractivity contribution < 1.29 is 9.72 Å². The number of aromatic nitrogens is 2. The molecule has 6 nitrogen and oxygen atoms in total. The van der Waals surface area contributed by atoms with Crippen molar-refractivity contribution in [3.05, 3.63) is 92.8 Å². The molecule has 136 valence electrons. The number of rotatable bonds is 5. The van der Waals surface area contributed by atoms with Gasteiger partial charge < -0.3 is 0 Å². The molecule has 0 unspecified atom stereocenters. The van der Waals surface area contributed by atoms with Crippen LogP contribution in [0, 0.1) is 30.9 Å². The van der Waals surface area contributed by atoms with E-state index in [1.165, 1.54) is 12.1 Å². The number of carbonyl (C=O) groups is 1. The van der Waals surface area contributed by atoms with Crippen molar-refractivity contribution in [3.63, 3.8) is 0 Å². The summed E-state index contributed by atoms with van der Waals surface area (Å²) < 4.78 is 1.83. The van der Waals surface area contributed by atoms with Gasteiger partial charge in [0, 0.05) is 28.5 Å². The van der Waals surface area contributed by atoms with Crippen molar-refractivity contribution >= 4 is 17.5 Å². The highest BCUT2D eigenvalue weighted by atomic mass is 16.6. The summed E-state index contributed by atoms with van der Waals surface area (Å²) >= 11 is 0. The Morgan fingerprint density at radius 3 is 2.48 bits per heavy atom. The average Bonchev–Trinajstić information content (AvgIpc) is 2.94. The van der Waals surface area contributed by atoms with Crippen LogP contribution in [0.15, 0.2) is 54.6 Å². The van der Waals surface area contributed by atoms with Gasteiger partial charge in [-0.2, -0.15) is 5.10 Å². The van der Waals surface area contributed by atoms with E-state index in [0.717, 1.165) is 22.6 Å². The van der Waals surface area contributed by atoms with Crippen molar-refractivity contribution in [2.75, 3.05) is 0 Å². The molecule has 1 heterocycles. The Labute approximate surface area is 156 Å². The third-order valence-corrected chi connectivity index (χ3v) is 4.44. The number of ketones is 1. The van der Waals surface area contributed by atoms with Crippen LogP contribution in [0.1, 0.15) is 32.9 Å². The van der Waals surface area contributed by atoms with Crippen LogP contribution < -0.4 is 0 Å². The van der Waals surface area contributed by atoms with Crippen LogP contribution in [0.5, 0.6) is 0 Å². The van der Waals surface area contributed by atoms with Gasteiger partial charge >= 0.3 is 0 Å². The van der Waals surface area contributed by atoms with Crippen LogP contribution in [0.3, 0.4) is 0 Å². The van der Waals surface area contributed by atoms with Gasteiger partial charge in [-0.3, -0.25) is 14.9 Å². The van der Waals surface area contributed by atoms with Crippen LogP contribution in [0.2, 0.25) is 0 Å². The number of aryl methyl sites for hydroxylation is 2. The van der Waals surface area contributed by atoms with Crippen molar-refractivity contribution in [2.45, 2.75) is 20.8 Å². The van der Waals surface area contributed by atoms with E-state index >= 15 is 0 Å². The molecule has 0 saturated heterocycles. The fraction of sp³-hybridized carbons (Fsp3) is 0.143. The molecular formula is C21H19N3O3. The van der Waals surface area contributed by atoms with Gasteiger partial charge in [0.1, 0.15) is 0 Å². The zero-order valence-corrected chi connectivity index (χ0v) is 15.3. The minimum Gasteiger partial charge on any atom is -0.289 e. The summed E-state index contributed by atoms with van der Waals surface area (Å²) in [6.07, 6.45) is 3.14. The summed E-state index contributed by atoms with van der Waals surface area (Å²) in [7, 11) is 0. The van der Waals surface area contributed by atoms with Crippen LogP contribution >= 0.6 is 0 Å². The zero-order chi connectivity index (χ0) is 19.6. The number of allylic oxidation sites excluding steroid dienone is 1. The maximum Gasteiger partial charge on any atom is 0.273 e. The van der Waals surface area contributed by atoms with E-state index in [2.05, 4.69) is 5.10 Å². The number of benzene rings is 2. The topological polar surface area (TPSA) is 78.0 Å². The van der Waals surface area contributed by atoms with Crippen LogP contribution in [0.4, 0.5) is 5.69 Å². The molecule has 0 fully saturated rings. The van der Waals surface area contributed by atoms with Gasteiger partial charge in [-0.05, 0) is 45.1 Å².